The number of nitrogens with zero attached hydrogens (tertiary/aromatic N) is 3. The van der Waals surface area contributed by atoms with Crippen molar-refractivity contribution in [1.29, 1.82) is 0 Å². The first-order valence-corrected chi connectivity index (χ1v) is 12.2. The monoisotopic (exact) mass is 495 g/mol. The van der Waals surface area contributed by atoms with E-state index < -0.39 is 4.92 Å². The van der Waals surface area contributed by atoms with E-state index in [9.17, 15) is 14.9 Å². The predicted octanol–water partition coefficient (Wildman–Crippen LogP) is 7.05. The minimum absolute atomic E-state index is 0.0233. The van der Waals surface area contributed by atoms with E-state index in [-0.39, 0.29) is 23.8 Å². The molecule has 0 radical (unpaired) electrons. The summed E-state index contributed by atoms with van der Waals surface area (Å²) >= 11 is 0. The summed E-state index contributed by atoms with van der Waals surface area (Å²) in [6.07, 6.45) is 2.26. The highest BCUT2D eigenvalue weighted by atomic mass is 16.6. The lowest BCUT2D eigenvalue weighted by Crippen LogP contribution is -2.10. The number of rotatable bonds is 10. The second-order valence-corrected chi connectivity index (χ2v) is 9.18. The number of para-hydroxylation sites is 1. The second kappa shape index (κ2) is 11.5. The molecule has 0 saturated carbocycles. The van der Waals surface area contributed by atoms with Gasteiger partial charge in [-0.25, -0.2) is 0 Å². The summed E-state index contributed by atoms with van der Waals surface area (Å²) in [6, 6.07) is 25.7. The van der Waals surface area contributed by atoms with Crippen LogP contribution in [0.2, 0.25) is 0 Å². The molecule has 37 heavy (non-hydrogen) atoms. The van der Waals surface area contributed by atoms with Crippen molar-refractivity contribution >= 4 is 17.7 Å². The molecule has 1 aromatic heterocycles. The van der Waals surface area contributed by atoms with Crippen LogP contribution in [-0.2, 0) is 6.42 Å². The number of Topliss-reactive ketones (excluding diaryl/α,β-unsaturated/α-hetero) is 1. The number of benzene rings is 3. The van der Waals surface area contributed by atoms with Crippen molar-refractivity contribution in [2.24, 2.45) is 5.16 Å². The first-order valence-electron chi connectivity index (χ1n) is 12.2. The van der Waals surface area contributed by atoms with Crippen LogP contribution in [0.15, 0.2) is 90.1 Å². The lowest BCUT2D eigenvalue weighted by Gasteiger charge is -2.16. The molecule has 0 aliphatic carbocycles. The van der Waals surface area contributed by atoms with Gasteiger partial charge in [-0.1, -0.05) is 67.0 Å². The summed E-state index contributed by atoms with van der Waals surface area (Å²) < 4.78 is 2.03. The largest absolute Gasteiger partial charge is 0.357 e. The number of hydrogen-bond acceptors (Lipinski definition) is 5. The molecular formula is C30H29N3O4. The van der Waals surface area contributed by atoms with E-state index in [0.29, 0.717) is 17.7 Å². The topological polar surface area (TPSA) is 86.7 Å². The van der Waals surface area contributed by atoms with Gasteiger partial charge in [0.2, 0.25) is 0 Å². The van der Waals surface area contributed by atoms with E-state index in [1.165, 1.54) is 12.1 Å². The minimum atomic E-state index is -0.424. The first-order chi connectivity index (χ1) is 17.8. The van der Waals surface area contributed by atoms with Crippen LogP contribution in [0.25, 0.3) is 5.69 Å². The van der Waals surface area contributed by atoms with Crippen LogP contribution < -0.4 is 4.84 Å². The summed E-state index contributed by atoms with van der Waals surface area (Å²) in [5.74, 6) is 0.646. The Balaban J connectivity index is 1.66. The van der Waals surface area contributed by atoms with E-state index in [2.05, 4.69) is 19.0 Å². The second-order valence-electron chi connectivity index (χ2n) is 9.18. The molecule has 0 unspecified atom stereocenters. The molecule has 0 amide bonds. The molecule has 0 aliphatic rings. The zero-order valence-corrected chi connectivity index (χ0v) is 21.1. The molecule has 0 fully saturated rings. The number of nitro groups is 1. The normalized spacial score (nSPS) is 11.2. The molecule has 0 atom stereocenters. The van der Waals surface area contributed by atoms with Crippen LogP contribution in [0.3, 0.4) is 0 Å². The van der Waals surface area contributed by atoms with Crippen molar-refractivity contribution in [2.45, 2.75) is 39.5 Å². The number of non-ortho nitro benzene ring substituents is 1. The molecule has 0 bridgehead atoms. The van der Waals surface area contributed by atoms with Crippen molar-refractivity contribution < 1.29 is 14.6 Å². The summed E-state index contributed by atoms with van der Waals surface area (Å²) in [5, 5.41) is 15.3. The predicted molar refractivity (Wildman–Crippen MR) is 145 cm³/mol. The van der Waals surface area contributed by atoms with Crippen molar-refractivity contribution in [3.05, 3.63) is 123 Å². The number of carbonyl (C=O) groups excluding carboxylic acids is 1. The third kappa shape index (κ3) is 6.19. The van der Waals surface area contributed by atoms with Crippen LogP contribution in [0.1, 0.15) is 59.1 Å². The van der Waals surface area contributed by atoms with Gasteiger partial charge in [-0.3, -0.25) is 14.9 Å². The van der Waals surface area contributed by atoms with Crippen molar-refractivity contribution in [1.82, 2.24) is 4.57 Å². The van der Waals surface area contributed by atoms with Gasteiger partial charge in [-0.15, -0.1) is 0 Å². The van der Waals surface area contributed by atoms with Crippen molar-refractivity contribution in [3.8, 4) is 11.4 Å². The van der Waals surface area contributed by atoms with Crippen molar-refractivity contribution in [2.75, 3.05) is 0 Å². The Morgan fingerprint density at radius 2 is 1.76 bits per heavy atom. The number of carbonyl (C=O) groups is 1. The van der Waals surface area contributed by atoms with Gasteiger partial charge >= 0.3 is 0 Å². The Kier molecular flexibility index (Phi) is 7.93. The molecule has 0 aliphatic heterocycles. The quantitative estimate of drug-likeness (QED) is 0.102. The SMILES string of the molecule is Cc1ccc(O/N=C/c2cc(C(=O)CCc3cccc([N+](=O)[O-])c3)c(C(C)C)n2-c2ccccc2)cc1. The molecule has 7 nitrogen and oxygen atoms in total. The van der Waals surface area contributed by atoms with Crippen LogP contribution in [0.5, 0.6) is 5.75 Å². The van der Waals surface area contributed by atoms with E-state index in [1.54, 1.807) is 18.3 Å². The molecule has 188 valence electrons. The third-order valence-electron chi connectivity index (χ3n) is 6.06. The van der Waals surface area contributed by atoms with Crippen LogP contribution in [-0.4, -0.2) is 21.5 Å². The number of aryl methyl sites for hydroxylation is 2. The fraction of sp³-hybridized carbons (Fsp3) is 0.200. The smallest absolute Gasteiger partial charge is 0.269 e. The zero-order valence-electron chi connectivity index (χ0n) is 21.1. The van der Waals surface area contributed by atoms with Gasteiger partial charge in [0.1, 0.15) is 0 Å². The van der Waals surface area contributed by atoms with Crippen LogP contribution >= 0.6 is 0 Å². The fourth-order valence-electron chi connectivity index (χ4n) is 4.26. The summed E-state index contributed by atoms with van der Waals surface area (Å²) in [5.41, 5.74) is 5.04. The molecule has 0 N–H and O–H groups in total. The standard InChI is InChI=1S/C30H29N3O4/c1-21(2)30-28(29(34)17-14-23-8-7-11-25(18-23)33(35)36)19-26(32(30)24-9-5-4-6-10-24)20-31-37-27-15-12-22(3)13-16-27/h4-13,15-16,18-21H,14,17H2,1-3H3/b31-20+. The summed E-state index contributed by atoms with van der Waals surface area (Å²) in [7, 11) is 0. The molecular weight excluding hydrogens is 466 g/mol. The Bertz CT molecular complexity index is 1420. The summed E-state index contributed by atoms with van der Waals surface area (Å²) in [6.45, 7) is 6.11. The van der Waals surface area contributed by atoms with Crippen molar-refractivity contribution in [3.63, 3.8) is 0 Å². The van der Waals surface area contributed by atoms with Gasteiger partial charge in [-0.05, 0) is 55.2 Å². The van der Waals surface area contributed by atoms with E-state index in [0.717, 1.165) is 28.2 Å². The van der Waals surface area contributed by atoms with E-state index in [1.807, 2.05) is 72.2 Å². The van der Waals surface area contributed by atoms with Gasteiger partial charge in [0.15, 0.2) is 11.5 Å². The Labute approximate surface area is 216 Å². The van der Waals surface area contributed by atoms with Gasteiger partial charge in [-0.2, -0.15) is 0 Å². The maximum atomic E-state index is 13.5. The number of hydrogen-bond donors (Lipinski definition) is 0. The lowest BCUT2D eigenvalue weighted by molar-refractivity contribution is -0.384. The molecule has 1 heterocycles. The average Bonchev–Trinajstić information content (AvgIpc) is 3.29. The lowest BCUT2D eigenvalue weighted by atomic mass is 9.98. The van der Waals surface area contributed by atoms with Crippen LogP contribution in [0.4, 0.5) is 5.69 Å². The Morgan fingerprint density at radius 1 is 1.03 bits per heavy atom. The first kappa shape index (κ1) is 25.6. The Morgan fingerprint density at radius 3 is 2.43 bits per heavy atom. The van der Waals surface area contributed by atoms with E-state index in [4.69, 9.17) is 4.84 Å². The highest BCUT2D eigenvalue weighted by Crippen LogP contribution is 2.29. The van der Waals surface area contributed by atoms with Gasteiger partial charge in [0.05, 0.1) is 16.8 Å². The third-order valence-corrected chi connectivity index (χ3v) is 6.06. The highest BCUT2D eigenvalue weighted by molar-refractivity contribution is 6.00. The number of nitro benzene ring substituents is 1. The van der Waals surface area contributed by atoms with Crippen LogP contribution in [0, 0.1) is 17.0 Å². The number of oxime groups is 1. The van der Waals surface area contributed by atoms with Gasteiger partial charge in [0, 0.05) is 35.5 Å². The average molecular weight is 496 g/mol. The van der Waals surface area contributed by atoms with Gasteiger partial charge in [0.25, 0.3) is 5.69 Å². The van der Waals surface area contributed by atoms with E-state index >= 15 is 0 Å². The molecule has 3 aromatic carbocycles. The Hall–Kier alpha value is -4.52. The molecule has 4 aromatic rings. The molecule has 7 heteroatoms. The minimum Gasteiger partial charge on any atom is -0.357 e. The number of ketones is 1. The molecule has 0 spiro atoms. The molecule has 0 saturated heterocycles. The van der Waals surface area contributed by atoms with Gasteiger partial charge < -0.3 is 9.40 Å². The zero-order chi connectivity index (χ0) is 26.4. The maximum absolute atomic E-state index is 13.5. The fourth-order valence-corrected chi connectivity index (χ4v) is 4.26. The maximum Gasteiger partial charge on any atom is 0.269 e. The number of aromatic nitrogens is 1. The highest BCUT2D eigenvalue weighted by Gasteiger charge is 2.23. The summed E-state index contributed by atoms with van der Waals surface area (Å²) in [4.78, 5) is 29.7. The molecule has 4 rings (SSSR count).